The number of nitrogens with zero attached hydrogens (tertiary/aromatic N) is 4. The van der Waals surface area contributed by atoms with Crippen molar-refractivity contribution in [3.05, 3.63) is 131 Å². The normalized spacial score (nSPS) is 12.0. The molecule has 48 heavy (non-hydrogen) atoms. The highest BCUT2D eigenvalue weighted by Crippen LogP contribution is 2.38. The molecule has 7 aromatic rings. The van der Waals surface area contributed by atoms with Crippen LogP contribution in [0.1, 0.15) is 62.7 Å². The average molecular weight is 633 g/mol. The molecule has 0 fully saturated rings. The number of benzene rings is 4. The molecule has 242 valence electrons. The molecule has 3 heterocycles. The Hall–Kier alpha value is -5.16. The van der Waals surface area contributed by atoms with Gasteiger partial charge in [0.25, 0.3) is 0 Å². The zero-order valence-electron chi connectivity index (χ0n) is 29.3. The van der Waals surface area contributed by atoms with Crippen molar-refractivity contribution in [3.63, 3.8) is 0 Å². The van der Waals surface area contributed by atoms with E-state index in [1.165, 1.54) is 38.6 Å². The molecule has 0 amide bonds. The largest absolute Gasteiger partial charge is 0.457 e. The van der Waals surface area contributed by atoms with Crippen LogP contribution in [-0.4, -0.2) is 19.3 Å². The average Bonchev–Trinajstić information content (AvgIpc) is 3.52. The fraction of sp³-hybridized carbons (Fsp3) is 0.256. The van der Waals surface area contributed by atoms with Crippen molar-refractivity contribution in [3.8, 4) is 34.1 Å². The quantitative estimate of drug-likeness (QED) is 0.176. The van der Waals surface area contributed by atoms with Crippen LogP contribution in [0, 0.1) is 26.7 Å². The molecule has 5 nitrogen and oxygen atoms in total. The second kappa shape index (κ2) is 12.1. The number of hydrogen-bond acceptors (Lipinski definition) is 3. The summed E-state index contributed by atoms with van der Waals surface area (Å²) in [6, 6.07) is 34.5. The molecule has 4 aromatic carbocycles. The second-order valence-electron chi connectivity index (χ2n) is 14.5. The van der Waals surface area contributed by atoms with Crippen molar-refractivity contribution in [2.24, 2.45) is 5.92 Å². The van der Waals surface area contributed by atoms with Crippen LogP contribution in [0.2, 0.25) is 0 Å². The first-order valence-corrected chi connectivity index (χ1v) is 16.9. The third kappa shape index (κ3) is 5.90. The summed E-state index contributed by atoms with van der Waals surface area (Å²) in [7, 11) is 0. The Morgan fingerprint density at radius 3 is 2.27 bits per heavy atom. The number of fused-ring (bicyclic) bond motifs is 3. The molecule has 0 radical (unpaired) electrons. The molecule has 0 unspecified atom stereocenters. The van der Waals surface area contributed by atoms with Crippen molar-refractivity contribution in [1.29, 1.82) is 0 Å². The summed E-state index contributed by atoms with van der Waals surface area (Å²) in [6.07, 6.45) is 2.93. The molecule has 0 saturated carbocycles. The zero-order valence-corrected chi connectivity index (χ0v) is 29.3. The van der Waals surface area contributed by atoms with E-state index < -0.39 is 0 Å². The smallest absolute Gasteiger partial charge is 0.137 e. The van der Waals surface area contributed by atoms with Gasteiger partial charge in [-0.2, -0.15) is 5.10 Å². The molecule has 0 aliphatic heterocycles. The maximum atomic E-state index is 6.76. The maximum Gasteiger partial charge on any atom is 0.137 e. The third-order valence-electron chi connectivity index (χ3n) is 9.17. The van der Waals surface area contributed by atoms with Gasteiger partial charge in [0.05, 0.1) is 22.4 Å². The van der Waals surface area contributed by atoms with Gasteiger partial charge >= 0.3 is 0 Å². The standard InChI is InChI=1S/C43H44N4O/c1-27(2)20-31-14-17-39-38(22-31)37-16-15-35(26-40(37)46(39)41-21-28(3)18-19-44-41)48-36-24-33(43(6,7)8)23-34(25-36)47-30(5)42(29(4)45-47)32-12-10-9-11-13-32/h9-19,21-27H,20H2,1-8H3. The number of ether oxygens (including phenoxy) is 1. The summed E-state index contributed by atoms with van der Waals surface area (Å²) in [5.74, 6) is 3.04. The molecule has 3 aromatic heterocycles. The minimum Gasteiger partial charge on any atom is -0.457 e. The molecule has 5 heteroatoms. The number of hydrogen-bond donors (Lipinski definition) is 0. The van der Waals surface area contributed by atoms with Crippen LogP contribution >= 0.6 is 0 Å². The molecule has 0 saturated heterocycles. The molecule has 0 spiro atoms. The summed E-state index contributed by atoms with van der Waals surface area (Å²) in [4.78, 5) is 4.80. The zero-order chi connectivity index (χ0) is 33.7. The van der Waals surface area contributed by atoms with E-state index in [9.17, 15) is 0 Å². The van der Waals surface area contributed by atoms with Crippen LogP contribution in [0.4, 0.5) is 0 Å². The highest BCUT2D eigenvalue weighted by atomic mass is 16.5. The SMILES string of the molecule is Cc1ccnc(-n2c3ccc(CC(C)C)cc3c3ccc(Oc4cc(-n5nc(C)c(-c6ccccc6)c5C)cc(C(C)(C)C)c4)cc32)c1. The van der Waals surface area contributed by atoms with E-state index in [0.29, 0.717) is 5.92 Å². The Kier molecular flexibility index (Phi) is 7.95. The maximum absolute atomic E-state index is 6.76. The predicted octanol–water partition coefficient (Wildman–Crippen LogP) is 11.2. The molecule has 0 N–H and O–H groups in total. The predicted molar refractivity (Wildman–Crippen MR) is 199 cm³/mol. The van der Waals surface area contributed by atoms with E-state index in [4.69, 9.17) is 14.8 Å². The van der Waals surface area contributed by atoms with Crippen molar-refractivity contribution in [1.82, 2.24) is 19.3 Å². The van der Waals surface area contributed by atoms with Gasteiger partial charge in [-0.25, -0.2) is 9.67 Å². The van der Waals surface area contributed by atoms with Crippen LogP contribution in [0.15, 0.2) is 103 Å². The van der Waals surface area contributed by atoms with E-state index in [-0.39, 0.29) is 5.41 Å². The highest BCUT2D eigenvalue weighted by Gasteiger charge is 2.21. The summed E-state index contributed by atoms with van der Waals surface area (Å²) in [5, 5.41) is 7.44. The molecule has 7 rings (SSSR count). The fourth-order valence-corrected chi connectivity index (χ4v) is 6.85. The van der Waals surface area contributed by atoms with Gasteiger partial charge in [-0.1, -0.05) is 71.0 Å². The molecule has 0 aliphatic carbocycles. The molecule has 0 bridgehead atoms. The van der Waals surface area contributed by atoms with Crippen LogP contribution in [0.25, 0.3) is 44.4 Å². The summed E-state index contributed by atoms with van der Waals surface area (Å²) >= 11 is 0. The number of pyridine rings is 1. The van der Waals surface area contributed by atoms with E-state index in [1.807, 2.05) is 18.3 Å². The first-order chi connectivity index (χ1) is 23.0. The van der Waals surface area contributed by atoms with Crippen LogP contribution in [0.5, 0.6) is 11.5 Å². The lowest BCUT2D eigenvalue weighted by Crippen LogP contribution is -2.12. The fourth-order valence-electron chi connectivity index (χ4n) is 6.85. The van der Waals surface area contributed by atoms with E-state index in [2.05, 4.69) is 150 Å². The minimum absolute atomic E-state index is 0.0899. The lowest BCUT2D eigenvalue weighted by Gasteiger charge is -2.22. The molecular weight excluding hydrogens is 589 g/mol. The molecular formula is C43H44N4O. The summed E-state index contributed by atoms with van der Waals surface area (Å²) in [5.41, 5.74) is 11.2. The Labute approximate surface area is 283 Å². The Balaban J connectivity index is 1.36. The number of rotatable bonds is 7. The topological polar surface area (TPSA) is 44.9 Å². The van der Waals surface area contributed by atoms with Gasteiger partial charge in [0.1, 0.15) is 17.3 Å². The Morgan fingerprint density at radius 2 is 1.54 bits per heavy atom. The minimum atomic E-state index is -0.0899. The molecule has 0 atom stereocenters. The van der Waals surface area contributed by atoms with Gasteiger partial charge < -0.3 is 4.74 Å². The van der Waals surface area contributed by atoms with Crippen molar-refractivity contribution >= 4 is 21.8 Å². The van der Waals surface area contributed by atoms with Gasteiger partial charge in [0.15, 0.2) is 0 Å². The summed E-state index contributed by atoms with van der Waals surface area (Å²) in [6.45, 7) is 17.6. The lowest BCUT2D eigenvalue weighted by molar-refractivity contribution is 0.478. The first-order valence-electron chi connectivity index (χ1n) is 16.9. The van der Waals surface area contributed by atoms with Crippen LogP contribution < -0.4 is 4.74 Å². The van der Waals surface area contributed by atoms with Crippen LogP contribution in [0.3, 0.4) is 0 Å². The first kappa shape index (κ1) is 31.4. The van der Waals surface area contributed by atoms with E-state index in [0.717, 1.165) is 51.8 Å². The Bertz CT molecular complexity index is 2280. The Morgan fingerprint density at radius 1 is 0.750 bits per heavy atom. The van der Waals surface area contributed by atoms with Gasteiger partial charge in [-0.05, 0) is 109 Å². The third-order valence-corrected chi connectivity index (χ3v) is 9.17. The van der Waals surface area contributed by atoms with Crippen molar-refractivity contribution in [2.75, 3.05) is 0 Å². The van der Waals surface area contributed by atoms with E-state index in [1.54, 1.807) is 0 Å². The molecule has 0 aliphatic rings. The van der Waals surface area contributed by atoms with E-state index >= 15 is 0 Å². The van der Waals surface area contributed by atoms with Gasteiger partial charge in [-0.15, -0.1) is 0 Å². The number of aromatic nitrogens is 4. The number of aryl methyl sites for hydroxylation is 2. The van der Waals surface area contributed by atoms with Gasteiger partial charge in [0, 0.05) is 40.4 Å². The second-order valence-corrected chi connectivity index (χ2v) is 14.5. The van der Waals surface area contributed by atoms with Gasteiger partial charge in [0.2, 0.25) is 0 Å². The lowest BCUT2D eigenvalue weighted by atomic mass is 9.86. The van der Waals surface area contributed by atoms with Gasteiger partial charge in [-0.3, -0.25) is 4.57 Å². The highest BCUT2D eigenvalue weighted by molar-refractivity contribution is 6.09. The van der Waals surface area contributed by atoms with Crippen molar-refractivity contribution in [2.45, 2.75) is 67.2 Å². The van der Waals surface area contributed by atoms with Crippen molar-refractivity contribution < 1.29 is 4.74 Å². The van der Waals surface area contributed by atoms with Crippen LogP contribution in [-0.2, 0) is 11.8 Å². The summed E-state index contributed by atoms with van der Waals surface area (Å²) < 4.78 is 11.1. The monoisotopic (exact) mass is 632 g/mol.